The zero-order chi connectivity index (χ0) is 11.4. The van der Waals surface area contributed by atoms with Crippen LogP contribution in [0, 0.1) is 0 Å². The number of fused-ring (bicyclic) bond motifs is 5. The fourth-order valence-electron chi connectivity index (χ4n) is 2.18. The number of nitrogens with one attached hydrogen (secondary N) is 2. The summed E-state index contributed by atoms with van der Waals surface area (Å²) in [7, 11) is 0. The van der Waals surface area contributed by atoms with Crippen LogP contribution in [0.5, 0.6) is 0 Å². The van der Waals surface area contributed by atoms with Gasteiger partial charge in [-0.1, -0.05) is 18.2 Å². The van der Waals surface area contributed by atoms with Gasteiger partial charge in [0.25, 0.3) is 5.56 Å². The minimum Gasteiger partial charge on any atom is -0.297 e. The average molecular weight is 241 g/mol. The number of benzene rings is 1. The SMILES string of the molecule is O=c1[nH][nH]c2c1cnc1sc3ccccc3c12. The molecule has 0 saturated heterocycles. The van der Waals surface area contributed by atoms with Gasteiger partial charge in [0.05, 0.1) is 10.9 Å². The van der Waals surface area contributed by atoms with E-state index in [0.29, 0.717) is 5.39 Å². The third-order valence-corrected chi connectivity index (χ3v) is 4.03. The minimum absolute atomic E-state index is 0.121. The highest BCUT2D eigenvalue weighted by Crippen LogP contribution is 2.35. The second-order valence-electron chi connectivity index (χ2n) is 3.90. The van der Waals surface area contributed by atoms with Gasteiger partial charge >= 0.3 is 0 Å². The molecule has 17 heavy (non-hydrogen) atoms. The molecular weight excluding hydrogens is 234 g/mol. The molecule has 0 fully saturated rings. The Balaban J connectivity index is 2.42. The van der Waals surface area contributed by atoms with Crippen molar-refractivity contribution < 1.29 is 0 Å². The number of aromatic nitrogens is 3. The highest BCUT2D eigenvalue weighted by atomic mass is 32.1. The van der Waals surface area contributed by atoms with Crippen LogP contribution in [-0.2, 0) is 0 Å². The molecule has 3 aromatic heterocycles. The molecule has 4 nitrogen and oxygen atoms in total. The zero-order valence-electron chi connectivity index (χ0n) is 8.65. The van der Waals surface area contributed by atoms with Crippen LogP contribution in [0.3, 0.4) is 0 Å². The molecular formula is C12H7N3OS. The first-order chi connectivity index (χ1) is 8.34. The molecule has 82 valence electrons. The first-order valence-corrected chi connectivity index (χ1v) is 6.03. The predicted octanol–water partition coefficient (Wildman–Crippen LogP) is 2.62. The Morgan fingerprint density at radius 1 is 1.12 bits per heavy atom. The van der Waals surface area contributed by atoms with Crippen molar-refractivity contribution in [2.75, 3.05) is 0 Å². The fourth-order valence-corrected chi connectivity index (χ4v) is 3.23. The Morgan fingerprint density at radius 2 is 2.00 bits per heavy atom. The molecule has 0 aliphatic heterocycles. The average Bonchev–Trinajstić information content (AvgIpc) is 2.90. The molecule has 0 spiro atoms. The van der Waals surface area contributed by atoms with E-state index in [1.807, 2.05) is 12.1 Å². The maximum atomic E-state index is 11.6. The summed E-state index contributed by atoms with van der Waals surface area (Å²) in [6.07, 6.45) is 1.63. The lowest BCUT2D eigenvalue weighted by atomic mass is 10.1. The predicted molar refractivity (Wildman–Crippen MR) is 69.6 cm³/mol. The summed E-state index contributed by atoms with van der Waals surface area (Å²) in [6.45, 7) is 0. The van der Waals surface area contributed by atoms with Crippen LogP contribution in [-0.4, -0.2) is 15.2 Å². The van der Waals surface area contributed by atoms with E-state index < -0.39 is 0 Å². The number of hydrogen-bond donors (Lipinski definition) is 2. The molecule has 4 aromatic rings. The summed E-state index contributed by atoms with van der Waals surface area (Å²) in [5, 5.41) is 8.33. The van der Waals surface area contributed by atoms with Crippen LogP contribution in [0.25, 0.3) is 31.2 Å². The number of hydrogen-bond acceptors (Lipinski definition) is 3. The van der Waals surface area contributed by atoms with Crippen LogP contribution >= 0.6 is 11.3 Å². The molecule has 0 bridgehead atoms. The van der Waals surface area contributed by atoms with Crippen LogP contribution in [0.2, 0.25) is 0 Å². The van der Waals surface area contributed by atoms with Crippen molar-refractivity contribution in [1.29, 1.82) is 0 Å². The molecule has 0 radical (unpaired) electrons. The third-order valence-electron chi connectivity index (χ3n) is 2.95. The van der Waals surface area contributed by atoms with Crippen molar-refractivity contribution in [2.24, 2.45) is 0 Å². The van der Waals surface area contributed by atoms with Gasteiger partial charge < -0.3 is 0 Å². The zero-order valence-corrected chi connectivity index (χ0v) is 9.47. The summed E-state index contributed by atoms with van der Waals surface area (Å²) < 4.78 is 1.18. The number of rotatable bonds is 0. The molecule has 0 aliphatic carbocycles. The quantitative estimate of drug-likeness (QED) is 0.497. The Labute approximate surface area is 98.9 Å². The lowest BCUT2D eigenvalue weighted by Gasteiger charge is -1.92. The van der Waals surface area contributed by atoms with Crippen LogP contribution in [0.15, 0.2) is 35.3 Å². The Kier molecular flexibility index (Phi) is 1.55. The van der Waals surface area contributed by atoms with Gasteiger partial charge in [0.1, 0.15) is 4.83 Å². The summed E-state index contributed by atoms with van der Waals surface area (Å²) in [5.41, 5.74) is 0.724. The van der Waals surface area contributed by atoms with E-state index in [1.54, 1.807) is 17.5 Å². The van der Waals surface area contributed by atoms with E-state index in [-0.39, 0.29) is 5.56 Å². The highest BCUT2D eigenvalue weighted by molar-refractivity contribution is 7.25. The Bertz CT molecular complexity index is 916. The van der Waals surface area contributed by atoms with Crippen molar-refractivity contribution in [3.63, 3.8) is 0 Å². The molecule has 0 atom stereocenters. The number of H-pyrrole nitrogens is 2. The number of nitrogens with zero attached hydrogens (tertiary/aromatic N) is 1. The molecule has 5 heteroatoms. The molecule has 4 rings (SSSR count). The second kappa shape index (κ2) is 2.95. The van der Waals surface area contributed by atoms with Gasteiger partial charge in [0, 0.05) is 21.7 Å². The van der Waals surface area contributed by atoms with E-state index in [0.717, 1.165) is 21.1 Å². The largest absolute Gasteiger partial charge is 0.297 e. The molecule has 0 aliphatic rings. The maximum absolute atomic E-state index is 11.6. The molecule has 0 amide bonds. The van der Waals surface area contributed by atoms with Crippen LogP contribution in [0.1, 0.15) is 0 Å². The summed E-state index contributed by atoms with van der Waals surface area (Å²) >= 11 is 1.64. The fraction of sp³-hybridized carbons (Fsp3) is 0. The summed E-state index contributed by atoms with van der Waals surface area (Å²) in [6, 6.07) is 8.13. The van der Waals surface area contributed by atoms with E-state index in [4.69, 9.17) is 0 Å². The summed E-state index contributed by atoms with van der Waals surface area (Å²) in [5.74, 6) is 0. The number of aromatic amines is 2. The Morgan fingerprint density at radius 3 is 2.94 bits per heavy atom. The lowest BCUT2D eigenvalue weighted by molar-refractivity contribution is 1.08. The van der Waals surface area contributed by atoms with Gasteiger partial charge in [-0.15, -0.1) is 11.3 Å². The molecule has 0 saturated carbocycles. The molecule has 0 unspecified atom stereocenters. The topological polar surface area (TPSA) is 61.5 Å². The summed E-state index contributed by atoms with van der Waals surface area (Å²) in [4.78, 5) is 16.9. The van der Waals surface area contributed by atoms with Crippen molar-refractivity contribution >= 4 is 42.5 Å². The smallest absolute Gasteiger partial charge is 0.273 e. The van der Waals surface area contributed by atoms with Gasteiger partial charge in [-0.05, 0) is 6.07 Å². The first-order valence-electron chi connectivity index (χ1n) is 5.21. The van der Waals surface area contributed by atoms with Gasteiger partial charge in [-0.2, -0.15) is 0 Å². The van der Waals surface area contributed by atoms with Crippen molar-refractivity contribution in [3.8, 4) is 0 Å². The normalized spacial score (nSPS) is 11.8. The van der Waals surface area contributed by atoms with Crippen molar-refractivity contribution in [2.45, 2.75) is 0 Å². The second-order valence-corrected chi connectivity index (χ2v) is 4.94. The van der Waals surface area contributed by atoms with E-state index in [9.17, 15) is 4.79 Å². The Hall–Kier alpha value is -2.14. The highest BCUT2D eigenvalue weighted by Gasteiger charge is 2.11. The van der Waals surface area contributed by atoms with E-state index in [2.05, 4.69) is 27.3 Å². The lowest BCUT2D eigenvalue weighted by Crippen LogP contribution is -1.97. The van der Waals surface area contributed by atoms with Gasteiger partial charge in [0.2, 0.25) is 0 Å². The van der Waals surface area contributed by atoms with Crippen molar-refractivity contribution in [1.82, 2.24) is 15.2 Å². The number of thiophene rings is 1. The van der Waals surface area contributed by atoms with Gasteiger partial charge in [-0.25, -0.2) is 4.98 Å². The first kappa shape index (κ1) is 8.95. The van der Waals surface area contributed by atoms with Crippen LogP contribution in [0.4, 0.5) is 0 Å². The van der Waals surface area contributed by atoms with Crippen molar-refractivity contribution in [3.05, 3.63) is 40.8 Å². The standard InChI is InChI=1S/C12H7N3OS/c16-11-7-5-13-12-9(10(7)14-15-11)6-3-1-2-4-8(6)17-12/h1-5H,(H2,14,15,16). The van der Waals surface area contributed by atoms with Gasteiger partial charge in [-0.3, -0.25) is 15.0 Å². The minimum atomic E-state index is -0.121. The number of pyridine rings is 1. The monoisotopic (exact) mass is 241 g/mol. The molecule has 2 N–H and O–H groups in total. The van der Waals surface area contributed by atoms with Crippen LogP contribution < -0.4 is 5.56 Å². The van der Waals surface area contributed by atoms with E-state index in [1.165, 1.54) is 4.70 Å². The van der Waals surface area contributed by atoms with Gasteiger partial charge in [0.15, 0.2) is 0 Å². The maximum Gasteiger partial charge on any atom is 0.273 e. The third kappa shape index (κ3) is 1.06. The van der Waals surface area contributed by atoms with E-state index >= 15 is 0 Å². The molecule has 1 aromatic carbocycles. The molecule has 3 heterocycles.